The lowest BCUT2D eigenvalue weighted by Gasteiger charge is -2.07. The number of carbonyl (C=O) groups excluding carboxylic acids is 2. The number of hydrogen-bond acceptors (Lipinski definition) is 4. The van der Waals surface area contributed by atoms with E-state index in [1.165, 1.54) is 6.21 Å². The maximum atomic E-state index is 12.3. The SMILES string of the molecule is COc1ccc(Br)cc1/C=N/NC(=O)c1ccc(NC(=O)c2cccc(Cl)c2)cc1. The van der Waals surface area contributed by atoms with Gasteiger partial charge in [0.1, 0.15) is 5.75 Å². The topological polar surface area (TPSA) is 79.8 Å². The van der Waals surface area contributed by atoms with Crippen LogP contribution >= 0.6 is 27.5 Å². The first-order valence-electron chi connectivity index (χ1n) is 8.80. The van der Waals surface area contributed by atoms with Gasteiger partial charge in [-0.15, -0.1) is 0 Å². The zero-order chi connectivity index (χ0) is 21.5. The third-order valence-corrected chi connectivity index (χ3v) is 4.78. The van der Waals surface area contributed by atoms with Gasteiger partial charge in [-0.1, -0.05) is 33.6 Å². The molecule has 0 fully saturated rings. The molecule has 0 heterocycles. The number of rotatable bonds is 6. The molecule has 6 nitrogen and oxygen atoms in total. The minimum absolute atomic E-state index is 0.290. The van der Waals surface area contributed by atoms with E-state index in [0.29, 0.717) is 33.1 Å². The van der Waals surface area contributed by atoms with Gasteiger partial charge >= 0.3 is 0 Å². The third-order valence-electron chi connectivity index (χ3n) is 4.05. The maximum Gasteiger partial charge on any atom is 0.271 e. The van der Waals surface area contributed by atoms with E-state index in [1.807, 2.05) is 12.1 Å². The third kappa shape index (κ3) is 5.68. The summed E-state index contributed by atoms with van der Waals surface area (Å²) in [6.07, 6.45) is 1.50. The molecular weight excluding hydrogens is 470 g/mol. The van der Waals surface area contributed by atoms with Crippen molar-refractivity contribution in [1.29, 1.82) is 0 Å². The summed E-state index contributed by atoms with van der Waals surface area (Å²) < 4.78 is 6.13. The fourth-order valence-electron chi connectivity index (χ4n) is 2.57. The number of amides is 2. The Bertz CT molecular complexity index is 1100. The Balaban J connectivity index is 1.61. The summed E-state index contributed by atoms with van der Waals surface area (Å²) in [5.74, 6) is -0.0359. The highest BCUT2D eigenvalue weighted by Crippen LogP contribution is 2.21. The first-order valence-corrected chi connectivity index (χ1v) is 9.97. The summed E-state index contributed by atoms with van der Waals surface area (Å²) in [6.45, 7) is 0. The van der Waals surface area contributed by atoms with Crippen LogP contribution in [-0.2, 0) is 0 Å². The molecule has 2 N–H and O–H groups in total. The zero-order valence-corrected chi connectivity index (χ0v) is 18.2. The number of anilines is 1. The van der Waals surface area contributed by atoms with Crippen LogP contribution in [0.3, 0.4) is 0 Å². The lowest BCUT2D eigenvalue weighted by Crippen LogP contribution is -2.18. The molecule has 0 aromatic heterocycles. The molecule has 30 heavy (non-hydrogen) atoms. The van der Waals surface area contributed by atoms with Crippen molar-refractivity contribution in [3.63, 3.8) is 0 Å². The van der Waals surface area contributed by atoms with Crippen LogP contribution in [-0.4, -0.2) is 25.1 Å². The van der Waals surface area contributed by atoms with Gasteiger partial charge in [-0.05, 0) is 60.7 Å². The van der Waals surface area contributed by atoms with E-state index in [1.54, 1.807) is 61.7 Å². The van der Waals surface area contributed by atoms with Crippen molar-refractivity contribution in [2.75, 3.05) is 12.4 Å². The minimum atomic E-state index is -0.382. The predicted octanol–water partition coefficient (Wildman–Crippen LogP) is 5.13. The molecule has 0 saturated carbocycles. The van der Waals surface area contributed by atoms with E-state index >= 15 is 0 Å². The van der Waals surface area contributed by atoms with Crippen LogP contribution in [0.2, 0.25) is 5.02 Å². The van der Waals surface area contributed by atoms with Crippen LogP contribution in [0, 0.1) is 0 Å². The maximum absolute atomic E-state index is 12.3. The largest absolute Gasteiger partial charge is 0.496 e. The number of hydrogen-bond donors (Lipinski definition) is 2. The van der Waals surface area contributed by atoms with Gasteiger partial charge in [0.15, 0.2) is 0 Å². The van der Waals surface area contributed by atoms with Crippen molar-refractivity contribution in [2.45, 2.75) is 0 Å². The Hall–Kier alpha value is -3.16. The second-order valence-electron chi connectivity index (χ2n) is 6.13. The molecule has 0 bridgehead atoms. The monoisotopic (exact) mass is 485 g/mol. The molecule has 0 unspecified atom stereocenters. The van der Waals surface area contributed by atoms with E-state index < -0.39 is 0 Å². The molecule has 0 spiro atoms. The van der Waals surface area contributed by atoms with Crippen LogP contribution in [0.1, 0.15) is 26.3 Å². The number of hydrazone groups is 1. The first kappa shape index (κ1) is 21.5. The summed E-state index contributed by atoms with van der Waals surface area (Å²) in [5.41, 5.74) is 4.58. The number of ether oxygens (including phenoxy) is 1. The van der Waals surface area contributed by atoms with Gasteiger partial charge in [0.25, 0.3) is 11.8 Å². The summed E-state index contributed by atoms with van der Waals surface area (Å²) in [7, 11) is 1.56. The fraction of sp³-hybridized carbons (Fsp3) is 0.0455. The molecule has 152 valence electrons. The molecule has 0 aliphatic carbocycles. The number of benzene rings is 3. The van der Waals surface area contributed by atoms with Crippen molar-refractivity contribution in [1.82, 2.24) is 5.43 Å². The standard InChI is InChI=1S/C22H17BrClN3O3/c1-30-20-10-7-17(23)11-16(20)13-25-27-22(29)14-5-8-19(9-6-14)26-21(28)15-3-2-4-18(24)12-15/h2-13H,1H3,(H,26,28)(H,27,29)/b25-13+. The first-order chi connectivity index (χ1) is 14.5. The quantitative estimate of drug-likeness (QED) is 0.374. The number of halogens is 2. The number of nitrogens with zero attached hydrogens (tertiary/aromatic N) is 1. The molecule has 0 saturated heterocycles. The second kappa shape index (κ2) is 10.0. The number of carbonyl (C=O) groups is 2. The molecular formula is C22H17BrClN3O3. The Morgan fingerprint density at radius 1 is 1.00 bits per heavy atom. The predicted molar refractivity (Wildman–Crippen MR) is 122 cm³/mol. The molecule has 3 aromatic carbocycles. The minimum Gasteiger partial charge on any atom is -0.496 e. The van der Waals surface area contributed by atoms with Gasteiger partial charge in [-0.2, -0.15) is 5.10 Å². The normalized spacial score (nSPS) is 10.6. The van der Waals surface area contributed by atoms with Gasteiger partial charge in [0.2, 0.25) is 0 Å². The molecule has 0 atom stereocenters. The Morgan fingerprint density at radius 2 is 1.77 bits per heavy atom. The lowest BCUT2D eigenvalue weighted by molar-refractivity contribution is 0.0954. The van der Waals surface area contributed by atoms with E-state index in [4.69, 9.17) is 16.3 Å². The van der Waals surface area contributed by atoms with Crippen LogP contribution in [0.25, 0.3) is 0 Å². The highest BCUT2D eigenvalue weighted by molar-refractivity contribution is 9.10. The Morgan fingerprint density at radius 3 is 2.47 bits per heavy atom. The molecule has 3 rings (SSSR count). The van der Waals surface area contributed by atoms with Crippen molar-refractivity contribution in [3.8, 4) is 5.75 Å². The molecule has 0 aliphatic rings. The van der Waals surface area contributed by atoms with Crippen LogP contribution in [0.5, 0.6) is 5.75 Å². The summed E-state index contributed by atoms with van der Waals surface area (Å²) >= 11 is 9.29. The Labute approximate surface area is 187 Å². The molecule has 3 aromatic rings. The van der Waals surface area contributed by atoms with E-state index in [0.717, 1.165) is 4.47 Å². The van der Waals surface area contributed by atoms with Crippen molar-refractivity contribution >= 4 is 51.2 Å². The van der Waals surface area contributed by atoms with Crippen LogP contribution < -0.4 is 15.5 Å². The molecule has 0 radical (unpaired) electrons. The van der Waals surface area contributed by atoms with Crippen molar-refractivity contribution < 1.29 is 14.3 Å². The summed E-state index contributed by atoms with van der Waals surface area (Å²) in [5, 5.41) is 7.22. The lowest BCUT2D eigenvalue weighted by atomic mass is 10.1. The molecule has 0 aliphatic heterocycles. The average Bonchev–Trinajstić information content (AvgIpc) is 2.74. The van der Waals surface area contributed by atoms with Gasteiger partial charge in [-0.25, -0.2) is 5.43 Å². The highest BCUT2D eigenvalue weighted by atomic mass is 79.9. The summed E-state index contributed by atoms with van der Waals surface area (Å²) in [4.78, 5) is 24.5. The van der Waals surface area contributed by atoms with Crippen LogP contribution in [0.4, 0.5) is 5.69 Å². The van der Waals surface area contributed by atoms with Gasteiger partial charge in [-0.3, -0.25) is 9.59 Å². The van der Waals surface area contributed by atoms with Gasteiger partial charge in [0, 0.05) is 31.9 Å². The second-order valence-corrected chi connectivity index (χ2v) is 7.48. The van der Waals surface area contributed by atoms with Crippen molar-refractivity contribution in [3.05, 3.63) is 92.9 Å². The van der Waals surface area contributed by atoms with E-state index in [9.17, 15) is 9.59 Å². The Kier molecular flexibility index (Phi) is 7.21. The van der Waals surface area contributed by atoms with E-state index in [-0.39, 0.29) is 11.8 Å². The summed E-state index contributed by atoms with van der Waals surface area (Å²) in [6, 6.07) is 18.6. The fourth-order valence-corrected chi connectivity index (χ4v) is 3.14. The van der Waals surface area contributed by atoms with E-state index in [2.05, 4.69) is 31.8 Å². The molecule has 8 heteroatoms. The zero-order valence-electron chi connectivity index (χ0n) is 15.9. The smallest absolute Gasteiger partial charge is 0.271 e. The van der Waals surface area contributed by atoms with Crippen LogP contribution in [0.15, 0.2) is 76.3 Å². The highest BCUT2D eigenvalue weighted by Gasteiger charge is 2.08. The van der Waals surface area contributed by atoms with Gasteiger partial charge in [0.05, 0.1) is 13.3 Å². The van der Waals surface area contributed by atoms with Crippen molar-refractivity contribution in [2.24, 2.45) is 5.10 Å². The van der Waals surface area contributed by atoms with Gasteiger partial charge < -0.3 is 10.1 Å². The number of nitrogens with one attached hydrogen (secondary N) is 2. The average molecular weight is 487 g/mol. The number of methoxy groups -OCH3 is 1. The molecule has 2 amide bonds.